The Morgan fingerprint density at radius 3 is 3.15 bits per heavy atom. The minimum atomic E-state index is -0.247. The van der Waals surface area contributed by atoms with Crippen molar-refractivity contribution >= 4 is 16.8 Å². The molecule has 1 atom stereocenters. The molecule has 1 aliphatic rings. The van der Waals surface area contributed by atoms with Crippen molar-refractivity contribution in [3.05, 3.63) is 54.0 Å². The van der Waals surface area contributed by atoms with Crippen LogP contribution in [0.3, 0.4) is 0 Å². The van der Waals surface area contributed by atoms with E-state index in [2.05, 4.69) is 15.5 Å². The Kier molecular flexibility index (Phi) is 4.79. The van der Waals surface area contributed by atoms with Crippen molar-refractivity contribution in [1.29, 1.82) is 0 Å². The van der Waals surface area contributed by atoms with Crippen LogP contribution in [0.5, 0.6) is 5.75 Å². The molecule has 1 saturated heterocycles. The molecule has 1 fully saturated rings. The van der Waals surface area contributed by atoms with Gasteiger partial charge < -0.3 is 19.3 Å². The summed E-state index contributed by atoms with van der Waals surface area (Å²) < 4.78 is 16.2. The molecule has 1 aliphatic heterocycles. The minimum Gasteiger partial charge on any atom is -0.486 e. The largest absolute Gasteiger partial charge is 0.486 e. The highest BCUT2D eigenvalue weighted by molar-refractivity contribution is 5.92. The number of carbonyl (C=O) groups is 1. The molecule has 0 unspecified atom stereocenters. The van der Waals surface area contributed by atoms with Gasteiger partial charge in [-0.1, -0.05) is 11.2 Å². The van der Waals surface area contributed by atoms with Crippen molar-refractivity contribution in [1.82, 2.24) is 15.5 Å². The third kappa shape index (κ3) is 3.83. The van der Waals surface area contributed by atoms with Crippen LogP contribution >= 0.6 is 0 Å². The summed E-state index contributed by atoms with van der Waals surface area (Å²) in [6, 6.07) is 11.1. The zero-order valence-electron chi connectivity index (χ0n) is 14.2. The van der Waals surface area contributed by atoms with E-state index in [-0.39, 0.29) is 18.2 Å². The van der Waals surface area contributed by atoms with Gasteiger partial charge >= 0.3 is 0 Å². The highest BCUT2D eigenvalue weighted by Gasteiger charge is 2.18. The number of rotatable bonds is 6. The number of nitrogens with one attached hydrogen (secondary N) is 1. The Morgan fingerprint density at radius 2 is 2.27 bits per heavy atom. The lowest BCUT2D eigenvalue weighted by molar-refractivity contribution is 0.0935. The quantitative estimate of drug-likeness (QED) is 0.733. The van der Waals surface area contributed by atoms with Crippen LogP contribution in [0.25, 0.3) is 10.9 Å². The van der Waals surface area contributed by atoms with Gasteiger partial charge in [-0.2, -0.15) is 0 Å². The fraction of sp³-hybridized carbons (Fsp3) is 0.316. The highest BCUT2D eigenvalue weighted by Crippen LogP contribution is 2.20. The molecule has 3 aromatic rings. The molecular formula is C19H19N3O4. The highest BCUT2D eigenvalue weighted by atomic mass is 16.5. The SMILES string of the molecule is O=C(NC[C@H]1CCOC1)c1cc(COc2ccc3ncccc3c2)on1. The average Bonchev–Trinajstić information content (AvgIpc) is 3.36. The second-order valence-electron chi connectivity index (χ2n) is 6.26. The van der Waals surface area contributed by atoms with E-state index in [1.54, 1.807) is 12.3 Å². The first-order valence-corrected chi connectivity index (χ1v) is 8.57. The molecule has 1 aromatic carbocycles. The van der Waals surface area contributed by atoms with E-state index in [0.29, 0.717) is 30.6 Å². The second-order valence-corrected chi connectivity index (χ2v) is 6.26. The lowest BCUT2D eigenvalue weighted by atomic mass is 10.1. The lowest BCUT2D eigenvalue weighted by Gasteiger charge is -2.07. The smallest absolute Gasteiger partial charge is 0.273 e. The average molecular weight is 353 g/mol. The van der Waals surface area contributed by atoms with Crippen LogP contribution in [0.15, 0.2) is 47.1 Å². The molecule has 0 spiro atoms. The number of aromatic nitrogens is 2. The molecule has 26 heavy (non-hydrogen) atoms. The Hall–Kier alpha value is -2.93. The maximum Gasteiger partial charge on any atom is 0.273 e. The zero-order valence-corrected chi connectivity index (χ0v) is 14.2. The number of hydrogen-bond donors (Lipinski definition) is 1. The third-order valence-electron chi connectivity index (χ3n) is 4.32. The fourth-order valence-electron chi connectivity index (χ4n) is 2.86. The number of nitrogens with zero attached hydrogens (tertiary/aromatic N) is 2. The molecule has 0 radical (unpaired) electrons. The number of benzene rings is 1. The Labute approximate surface area is 150 Å². The first-order chi connectivity index (χ1) is 12.8. The molecule has 134 valence electrons. The van der Waals surface area contributed by atoms with Crippen LogP contribution in [-0.4, -0.2) is 35.8 Å². The summed E-state index contributed by atoms with van der Waals surface area (Å²) in [6.07, 6.45) is 2.73. The zero-order chi connectivity index (χ0) is 17.8. The number of carbonyl (C=O) groups excluding carboxylic acids is 1. The summed E-state index contributed by atoms with van der Waals surface area (Å²) in [5.41, 5.74) is 1.16. The molecule has 0 bridgehead atoms. The maximum absolute atomic E-state index is 12.1. The molecule has 7 heteroatoms. The molecule has 0 saturated carbocycles. The van der Waals surface area contributed by atoms with E-state index >= 15 is 0 Å². The number of fused-ring (bicyclic) bond motifs is 1. The second kappa shape index (κ2) is 7.53. The van der Waals surface area contributed by atoms with Gasteiger partial charge in [0.05, 0.1) is 12.1 Å². The molecule has 4 rings (SSSR count). The fourth-order valence-corrected chi connectivity index (χ4v) is 2.86. The minimum absolute atomic E-state index is 0.197. The molecule has 3 heterocycles. The number of amides is 1. The summed E-state index contributed by atoms with van der Waals surface area (Å²) in [6.45, 7) is 2.24. The van der Waals surface area contributed by atoms with Crippen LogP contribution in [-0.2, 0) is 11.3 Å². The van der Waals surface area contributed by atoms with E-state index < -0.39 is 0 Å². The van der Waals surface area contributed by atoms with Gasteiger partial charge in [-0.15, -0.1) is 0 Å². The predicted molar refractivity (Wildman–Crippen MR) is 93.8 cm³/mol. The molecule has 7 nitrogen and oxygen atoms in total. The first kappa shape index (κ1) is 16.5. The topological polar surface area (TPSA) is 86.5 Å². The monoisotopic (exact) mass is 353 g/mol. The Balaban J connectivity index is 1.33. The first-order valence-electron chi connectivity index (χ1n) is 8.57. The van der Waals surface area contributed by atoms with E-state index in [1.807, 2.05) is 30.3 Å². The maximum atomic E-state index is 12.1. The van der Waals surface area contributed by atoms with Crippen molar-refractivity contribution in [2.45, 2.75) is 13.0 Å². The Morgan fingerprint density at radius 1 is 1.31 bits per heavy atom. The standard InChI is InChI=1S/C19H19N3O4/c23-19(21-10-13-5-7-24-11-13)18-9-16(26-22-18)12-25-15-3-4-17-14(8-15)2-1-6-20-17/h1-4,6,8-9,13H,5,7,10-12H2,(H,21,23)/t13-/m1/s1. The normalized spacial score (nSPS) is 16.7. The number of ether oxygens (including phenoxy) is 2. The van der Waals surface area contributed by atoms with Crippen LogP contribution in [0.4, 0.5) is 0 Å². The van der Waals surface area contributed by atoms with Gasteiger partial charge in [-0.25, -0.2) is 0 Å². The summed E-state index contributed by atoms with van der Waals surface area (Å²) in [7, 11) is 0. The van der Waals surface area contributed by atoms with Crippen LogP contribution in [0.1, 0.15) is 22.7 Å². The van der Waals surface area contributed by atoms with Crippen molar-refractivity contribution < 1.29 is 18.8 Å². The number of pyridine rings is 1. The van der Waals surface area contributed by atoms with Gasteiger partial charge in [0.15, 0.2) is 11.5 Å². The molecule has 1 N–H and O–H groups in total. The third-order valence-corrected chi connectivity index (χ3v) is 4.32. The van der Waals surface area contributed by atoms with Crippen LogP contribution in [0, 0.1) is 5.92 Å². The molecule has 2 aromatic heterocycles. The van der Waals surface area contributed by atoms with Crippen molar-refractivity contribution in [2.75, 3.05) is 19.8 Å². The van der Waals surface area contributed by atoms with Crippen LogP contribution in [0.2, 0.25) is 0 Å². The summed E-state index contributed by atoms with van der Waals surface area (Å²) in [5.74, 6) is 1.32. The lowest BCUT2D eigenvalue weighted by Crippen LogP contribution is -2.29. The summed E-state index contributed by atoms with van der Waals surface area (Å²) >= 11 is 0. The van der Waals surface area contributed by atoms with E-state index in [4.69, 9.17) is 14.0 Å². The van der Waals surface area contributed by atoms with Crippen molar-refractivity contribution in [3.63, 3.8) is 0 Å². The molecule has 1 amide bonds. The summed E-state index contributed by atoms with van der Waals surface area (Å²) in [5, 5.41) is 7.67. The summed E-state index contributed by atoms with van der Waals surface area (Å²) in [4.78, 5) is 16.4. The molecular weight excluding hydrogens is 334 g/mol. The van der Waals surface area contributed by atoms with Gasteiger partial charge in [0.2, 0.25) is 0 Å². The van der Waals surface area contributed by atoms with E-state index in [1.165, 1.54) is 0 Å². The van der Waals surface area contributed by atoms with Crippen molar-refractivity contribution in [2.24, 2.45) is 5.92 Å². The van der Waals surface area contributed by atoms with Gasteiger partial charge in [0, 0.05) is 36.7 Å². The van der Waals surface area contributed by atoms with Gasteiger partial charge in [0.1, 0.15) is 12.4 Å². The van der Waals surface area contributed by atoms with E-state index in [9.17, 15) is 4.79 Å². The van der Waals surface area contributed by atoms with Crippen LogP contribution < -0.4 is 10.1 Å². The van der Waals surface area contributed by atoms with Gasteiger partial charge in [-0.05, 0) is 30.7 Å². The van der Waals surface area contributed by atoms with Crippen molar-refractivity contribution in [3.8, 4) is 5.75 Å². The number of hydrogen-bond acceptors (Lipinski definition) is 6. The Bertz CT molecular complexity index is 902. The predicted octanol–water partition coefficient (Wildman–Crippen LogP) is 2.57. The van der Waals surface area contributed by atoms with Gasteiger partial charge in [0.25, 0.3) is 5.91 Å². The van der Waals surface area contributed by atoms with Gasteiger partial charge in [-0.3, -0.25) is 9.78 Å². The molecule has 0 aliphatic carbocycles. The van der Waals surface area contributed by atoms with E-state index in [0.717, 1.165) is 23.9 Å².